The zero-order valence-electron chi connectivity index (χ0n) is 9.61. The van der Waals surface area contributed by atoms with Gasteiger partial charge in [0.2, 0.25) is 0 Å². The Morgan fingerprint density at radius 3 is 2.80 bits per heavy atom. The van der Waals surface area contributed by atoms with E-state index < -0.39 is 0 Å². The molecule has 0 aromatic carbocycles. The third-order valence-corrected chi connectivity index (χ3v) is 3.48. The lowest BCUT2D eigenvalue weighted by Gasteiger charge is -2.36. The lowest BCUT2D eigenvalue weighted by atomic mass is 9.71. The molecule has 84 valence electrons. The molecule has 15 heavy (non-hydrogen) atoms. The highest BCUT2D eigenvalue weighted by atomic mass is 15.3. The van der Waals surface area contributed by atoms with Crippen molar-refractivity contribution in [2.24, 2.45) is 18.9 Å². The molecule has 1 aliphatic rings. The number of nitrogens with zero attached hydrogens (tertiary/aromatic N) is 3. The van der Waals surface area contributed by atoms with Crippen molar-refractivity contribution in [1.29, 1.82) is 0 Å². The molecule has 0 saturated heterocycles. The third kappa shape index (κ3) is 2.37. The number of aromatic nitrogens is 3. The van der Waals surface area contributed by atoms with Crippen LogP contribution in [0.15, 0.2) is 6.33 Å². The molecule has 1 saturated carbocycles. The summed E-state index contributed by atoms with van der Waals surface area (Å²) in [5.74, 6) is 2.79. The predicted octanol–water partition coefficient (Wildman–Crippen LogP) is 0.993. The summed E-state index contributed by atoms with van der Waals surface area (Å²) >= 11 is 0. The number of hydrogen-bond donors (Lipinski definition) is 1. The average Bonchev–Trinajstić information content (AvgIpc) is 2.59. The summed E-state index contributed by atoms with van der Waals surface area (Å²) in [6, 6.07) is 0. The molecule has 1 aromatic rings. The Balaban J connectivity index is 1.83. The molecule has 0 bridgehead atoms. The SMILES string of the molecule is CCNCC1CCC1Cc1ncnn1C. The van der Waals surface area contributed by atoms with Crippen LogP contribution in [0.4, 0.5) is 0 Å². The first-order valence-corrected chi connectivity index (χ1v) is 5.84. The van der Waals surface area contributed by atoms with Gasteiger partial charge in [-0.2, -0.15) is 5.10 Å². The Labute approximate surface area is 91.1 Å². The Bertz CT molecular complexity index is 307. The minimum atomic E-state index is 0.812. The van der Waals surface area contributed by atoms with Crippen molar-refractivity contribution in [3.8, 4) is 0 Å². The molecule has 0 amide bonds. The van der Waals surface area contributed by atoms with Crippen molar-refractivity contribution in [3.63, 3.8) is 0 Å². The van der Waals surface area contributed by atoms with Crippen LogP contribution in [0.5, 0.6) is 0 Å². The predicted molar refractivity (Wildman–Crippen MR) is 59.5 cm³/mol. The maximum absolute atomic E-state index is 4.28. The van der Waals surface area contributed by atoms with E-state index in [1.54, 1.807) is 6.33 Å². The molecule has 1 fully saturated rings. The van der Waals surface area contributed by atoms with Crippen molar-refractivity contribution in [2.45, 2.75) is 26.2 Å². The van der Waals surface area contributed by atoms with Crippen LogP contribution in [0.2, 0.25) is 0 Å². The summed E-state index contributed by atoms with van der Waals surface area (Å²) in [6.45, 7) is 4.41. The highest BCUT2D eigenvalue weighted by Crippen LogP contribution is 2.35. The monoisotopic (exact) mass is 208 g/mol. The van der Waals surface area contributed by atoms with E-state index in [-0.39, 0.29) is 0 Å². The molecule has 0 radical (unpaired) electrons. The Kier molecular flexibility index (Phi) is 3.36. The lowest BCUT2D eigenvalue weighted by Crippen LogP contribution is -2.36. The number of aryl methyl sites for hydroxylation is 1. The fourth-order valence-electron chi connectivity index (χ4n) is 2.24. The van der Waals surface area contributed by atoms with Crippen LogP contribution < -0.4 is 5.32 Å². The van der Waals surface area contributed by atoms with Gasteiger partial charge in [0.25, 0.3) is 0 Å². The van der Waals surface area contributed by atoms with Crippen molar-refractivity contribution in [2.75, 3.05) is 13.1 Å². The fourth-order valence-corrected chi connectivity index (χ4v) is 2.24. The molecule has 2 rings (SSSR count). The first kappa shape index (κ1) is 10.6. The highest BCUT2D eigenvalue weighted by Gasteiger charge is 2.31. The van der Waals surface area contributed by atoms with E-state index in [0.29, 0.717) is 0 Å². The fraction of sp³-hybridized carbons (Fsp3) is 0.818. The second-order valence-corrected chi connectivity index (χ2v) is 4.41. The summed E-state index contributed by atoms with van der Waals surface area (Å²) in [6.07, 6.45) is 5.46. The van der Waals surface area contributed by atoms with Gasteiger partial charge in [0.05, 0.1) is 0 Å². The molecule has 2 unspecified atom stereocenters. The largest absolute Gasteiger partial charge is 0.317 e. The smallest absolute Gasteiger partial charge is 0.138 e. The van der Waals surface area contributed by atoms with E-state index in [4.69, 9.17) is 0 Å². The van der Waals surface area contributed by atoms with Gasteiger partial charge >= 0.3 is 0 Å². The Morgan fingerprint density at radius 1 is 1.47 bits per heavy atom. The van der Waals surface area contributed by atoms with Gasteiger partial charge in [-0.25, -0.2) is 4.98 Å². The zero-order valence-corrected chi connectivity index (χ0v) is 9.61. The summed E-state index contributed by atoms with van der Waals surface area (Å²) in [5.41, 5.74) is 0. The molecular formula is C11H20N4. The van der Waals surface area contributed by atoms with Crippen molar-refractivity contribution < 1.29 is 0 Å². The molecule has 1 heterocycles. The van der Waals surface area contributed by atoms with E-state index in [0.717, 1.165) is 30.6 Å². The topological polar surface area (TPSA) is 42.7 Å². The Hall–Kier alpha value is -0.900. The van der Waals surface area contributed by atoms with Gasteiger partial charge in [0.1, 0.15) is 12.2 Å². The maximum Gasteiger partial charge on any atom is 0.138 e. The van der Waals surface area contributed by atoms with Crippen LogP contribution in [0.3, 0.4) is 0 Å². The minimum Gasteiger partial charge on any atom is -0.317 e. The molecule has 1 aromatic heterocycles. The third-order valence-electron chi connectivity index (χ3n) is 3.48. The van der Waals surface area contributed by atoms with Gasteiger partial charge in [0, 0.05) is 13.5 Å². The summed E-state index contributed by atoms with van der Waals surface area (Å²) in [7, 11) is 1.97. The highest BCUT2D eigenvalue weighted by molar-refractivity contribution is 4.93. The van der Waals surface area contributed by atoms with Crippen LogP contribution in [-0.4, -0.2) is 27.9 Å². The van der Waals surface area contributed by atoms with Crippen LogP contribution in [0.1, 0.15) is 25.6 Å². The van der Waals surface area contributed by atoms with Crippen molar-refractivity contribution >= 4 is 0 Å². The molecule has 0 aliphatic heterocycles. The second kappa shape index (κ2) is 4.75. The number of rotatable bonds is 5. The molecule has 2 atom stereocenters. The molecule has 1 aliphatic carbocycles. The first-order valence-electron chi connectivity index (χ1n) is 5.84. The minimum absolute atomic E-state index is 0.812. The average molecular weight is 208 g/mol. The lowest BCUT2D eigenvalue weighted by molar-refractivity contribution is 0.168. The molecule has 4 heteroatoms. The first-order chi connectivity index (χ1) is 7.31. The molecular weight excluding hydrogens is 188 g/mol. The Morgan fingerprint density at radius 2 is 2.27 bits per heavy atom. The van der Waals surface area contributed by atoms with Crippen molar-refractivity contribution in [1.82, 2.24) is 20.1 Å². The van der Waals surface area contributed by atoms with Gasteiger partial charge in [-0.15, -0.1) is 0 Å². The van der Waals surface area contributed by atoms with Gasteiger partial charge in [-0.1, -0.05) is 6.92 Å². The van der Waals surface area contributed by atoms with Crippen LogP contribution in [0, 0.1) is 11.8 Å². The van der Waals surface area contributed by atoms with Crippen LogP contribution in [0.25, 0.3) is 0 Å². The molecule has 4 nitrogen and oxygen atoms in total. The van der Waals surface area contributed by atoms with Gasteiger partial charge in [0.15, 0.2) is 0 Å². The van der Waals surface area contributed by atoms with E-state index in [1.165, 1.54) is 19.4 Å². The van der Waals surface area contributed by atoms with Crippen LogP contribution >= 0.6 is 0 Å². The quantitative estimate of drug-likeness (QED) is 0.785. The van der Waals surface area contributed by atoms with Crippen molar-refractivity contribution in [3.05, 3.63) is 12.2 Å². The van der Waals surface area contributed by atoms with Gasteiger partial charge < -0.3 is 5.32 Å². The summed E-state index contributed by atoms with van der Waals surface area (Å²) in [4.78, 5) is 4.28. The molecule has 0 spiro atoms. The van der Waals surface area contributed by atoms with E-state index in [1.807, 2.05) is 11.7 Å². The van der Waals surface area contributed by atoms with E-state index in [2.05, 4.69) is 22.3 Å². The standard InChI is InChI=1S/C11H20N4/c1-3-12-7-10-5-4-9(10)6-11-13-8-14-15(11)2/h8-10,12H,3-7H2,1-2H3. The number of hydrogen-bond acceptors (Lipinski definition) is 3. The normalized spacial score (nSPS) is 25.2. The summed E-state index contributed by atoms with van der Waals surface area (Å²) in [5, 5.41) is 7.54. The van der Waals surface area contributed by atoms with E-state index >= 15 is 0 Å². The zero-order chi connectivity index (χ0) is 10.7. The van der Waals surface area contributed by atoms with E-state index in [9.17, 15) is 0 Å². The maximum atomic E-state index is 4.28. The summed E-state index contributed by atoms with van der Waals surface area (Å²) < 4.78 is 1.89. The molecule has 1 N–H and O–H groups in total. The van der Waals surface area contributed by atoms with Gasteiger partial charge in [-0.3, -0.25) is 4.68 Å². The number of nitrogens with one attached hydrogen (secondary N) is 1. The van der Waals surface area contributed by atoms with Gasteiger partial charge in [-0.05, 0) is 37.8 Å². The van der Waals surface area contributed by atoms with Crippen LogP contribution in [-0.2, 0) is 13.5 Å². The second-order valence-electron chi connectivity index (χ2n) is 4.41.